The van der Waals surface area contributed by atoms with E-state index in [1.165, 1.54) is 17.2 Å². The molecule has 124 valence electrons. The van der Waals surface area contributed by atoms with Crippen LogP contribution in [0.5, 0.6) is 0 Å². The lowest BCUT2D eigenvalue weighted by molar-refractivity contribution is -0.121. The molecule has 0 unspecified atom stereocenters. The Kier molecular flexibility index (Phi) is 4.64. The Labute approximate surface area is 138 Å². The molecule has 0 aliphatic rings. The van der Waals surface area contributed by atoms with E-state index in [1.807, 2.05) is 13.1 Å². The van der Waals surface area contributed by atoms with Gasteiger partial charge in [0.1, 0.15) is 12.2 Å². The van der Waals surface area contributed by atoms with Gasteiger partial charge in [-0.3, -0.25) is 18.8 Å². The van der Waals surface area contributed by atoms with Crippen LogP contribution in [0.25, 0.3) is 10.9 Å². The van der Waals surface area contributed by atoms with Crippen LogP contribution in [-0.2, 0) is 24.8 Å². The minimum absolute atomic E-state index is 0.114. The Bertz CT molecular complexity index is 914. The van der Waals surface area contributed by atoms with Gasteiger partial charge in [0.15, 0.2) is 0 Å². The summed E-state index contributed by atoms with van der Waals surface area (Å²) in [5.74, 6) is 0.697. The van der Waals surface area contributed by atoms with E-state index in [1.54, 1.807) is 22.9 Å². The molecule has 24 heavy (non-hydrogen) atoms. The number of nitrogens with one attached hydrogen (secondary N) is 1. The second-order valence-electron chi connectivity index (χ2n) is 5.41. The molecule has 1 N–H and O–H groups in total. The van der Waals surface area contributed by atoms with Gasteiger partial charge >= 0.3 is 0 Å². The van der Waals surface area contributed by atoms with Crippen molar-refractivity contribution < 1.29 is 4.79 Å². The highest BCUT2D eigenvalue weighted by Crippen LogP contribution is 2.04. The number of carbonyl (C=O) groups is 1. The predicted octanol–water partition coefficient (Wildman–Crippen LogP) is 0.274. The maximum Gasteiger partial charge on any atom is 0.261 e. The average Bonchev–Trinajstić information content (AvgIpc) is 3.00. The van der Waals surface area contributed by atoms with Crippen LogP contribution in [0.2, 0.25) is 0 Å². The molecule has 0 radical (unpaired) electrons. The van der Waals surface area contributed by atoms with Crippen molar-refractivity contribution in [2.75, 3.05) is 6.54 Å². The van der Waals surface area contributed by atoms with Gasteiger partial charge in [0.05, 0.1) is 17.2 Å². The molecular formula is C16H18N6O2. The van der Waals surface area contributed by atoms with E-state index in [4.69, 9.17) is 0 Å². The van der Waals surface area contributed by atoms with Gasteiger partial charge in [-0.25, -0.2) is 9.97 Å². The van der Waals surface area contributed by atoms with Gasteiger partial charge < -0.3 is 5.32 Å². The van der Waals surface area contributed by atoms with Crippen molar-refractivity contribution in [2.45, 2.75) is 19.4 Å². The van der Waals surface area contributed by atoms with Gasteiger partial charge in [0.25, 0.3) is 5.56 Å². The van der Waals surface area contributed by atoms with Crippen molar-refractivity contribution in [3.05, 3.63) is 53.1 Å². The van der Waals surface area contributed by atoms with Gasteiger partial charge in [-0.05, 0) is 12.1 Å². The highest BCUT2D eigenvalue weighted by molar-refractivity contribution is 5.77. The van der Waals surface area contributed by atoms with Crippen LogP contribution in [0.1, 0.15) is 12.2 Å². The molecule has 8 nitrogen and oxygen atoms in total. The van der Waals surface area contributed by atoms with E-state index in [-0.39, 0.29) is 17.9 Å². The third kappa shape index (κ3) is 3.48. The van der Waals surface area contributed by atoms with Crippen molar-refractivity contribution in [2.24, 2.45) is 7.05 Å². The van der Waals surface area contributed by atoms with Gasteiger partial charge in [-0.2, -0.15) is 5.10 Å². The number of fused-ring (bicyclic) bond motifs is 1. The van der Waals surface area contributed by atoms with E-state index in [9.17, 15) is 9.59 Å². The summed E-state index contributed by atoms with van der Waals surface area (Å²) in [6.45, 7) is 0.780. The van der Waals surface area contributed by atoms with Gasteiger partial charge in [-0.15, -0.1) is 0 Å². The van der Waals surface area contributed by atoms with E-state index < -0.39 is 0 Å². The molecule has 2 heterocycles. The molecule has 1 aromatic carbocycles. The summed E-state index contributed by atoms with van der Waals surface area (Å²) in [4.78, 5) is 32.6. The lowest BCUT2D eigenvalue weighted by Crippen LogP contribution is -2.29. The van der Waals surface area contributed by atoms with Crippen molar-refractivity contribution in [3.8, 4) is 0 Å². The minimum atomic E-state index is -0.132. The van der Waals surface area contributed by atoms with E-state index in [2.05, 4.69) is 20.4 Å². The minimum Gasteiger partial charge on any atom is -0.356 e. The van der Waals surface area contributed by atoms with Crippen LogP contribution in [-0.4, -0.2) is 36.8 Å². The Morgan fingerprint density at radius 1 is 1.25 bits per heavy atom. The van der Waals surface area contributed by atoms with Crippen LogP contribution in [0.3, 0.4) is 0 Å². The first-order valence-electron chi connectivity index (χ1n) is 7.69. The highest BCUT2D eigenvalue weighted by atomic mass is 16.1. The molecule has 0 saturated heterocycles. The molecule has 3 rings (SSSR count). The summed E-state index contributed by atoms with van der Waals surface area (Å²) in [7, 11) is 1.81. The number of hydrogen-bond acceptors (Lipinski definition) is 5. The zero-order valence-electron chi connectivity index (χ0n) is 13.3. The van der Waals surface area contributed by atoms with Gasteiger partial charge in [-0.1, -0.05) is 12.1 Å². The third-order valence-corrected chi connectivity index (χ3v) is 3.79. The molecule has 3 aromatic rings. The zero-order chi connectivity index (χ0) is 16.9. The van der Waals surface area contributed by atoms with Crippen molar-refractivity contribution >= 4 is 16.8 Å². The van der Waals surface area contributed by atoms with Crippen LogP contribution in [0.4, 0.5) is 0 Å². The number of carbonyl (C=O) groups excluding carboxylic acids is 1. The lowest BCUT2D eigenvalue weighted by atomic mass is 10.2. The first-order valence-corrected chi connectivity index (χ1v) is 7.69. The number of hydrogen-bond donors (Lipinski definition) is 1. The van der Waals surface area contributed by atoms with E-state index in [0.717, 1.165) is 5.82 Å². The molecule has 1 amide bonds. The highest BCUT2D eigenvalue weighted by Gasteiger charge is 2.07. The summed E-state index contributed by atoms with van der Waals surface area (Å²) in [6.07, 6.45) is 3.80. The predicted molar refractivity (Wildman–Crippen MR) is 88.3 cm³/mol. The number of rotatable bonds is 6. The second-order valence-corrected chi connectivity index (χ2v) is 5.41. The quantitative estimate of drug-likeness (QED) is 0.702. The normalized spacial score (nSPS) is 10.9. The molecule has 0 spiro atoms. The van der Waals surface area contributed by atoms with Crippen molar-refractivity contribution in [3.63, 3.8) is 0 Å². The fraction of sp³-hybridized carbons (Fsp3) is 0.312. The maximum absolute atomic E-state index is 12.3. The number of para-hydroxylation sites is 1. The number of aromatic nitrogens is 5. The Hall–Kier alpha value is -3.03. The Balaban J connectivity index is 1.54. The fourth-order valence-electron chi connectivity index (χ4n) is 2.44. The Morgan fingerprint density at radius 3 is 2.88 bits per heavy atom. The van der Waals surface area contributed by atoms with E-state index in [0.29, 0.717) is 30.4 Å². The molecule has 0 fully saturated rings. The summed E-state index contributed by atoms with van der Waals surface area (Å²) in [5, 5.41) is 7.35. The topological polar surface area (TPSA) is 94.7 Å². The first kappa shape index (κ1) is 15.9. The van der Waals surface area contributed by atoms with Crippen LogP contribution < -0.4 is 10.9 Å². The summed E-state index contributed by atoms with van der Waals surface area (Å²) < 4.78 is 3.14. The van der Waals surface area contributed by atoms with Crippen LogP contribution in [0.15, 0.2) is 41.7 Å². The zero-order valence-corrected chi connectivity index (χ0v) is 13.3. The fourth-order valence-corrected chi connectivity index (χ4v) is 2.44. The molecule has 0 atom stereocenters. The monoisotopic (exact) mass is 326 g/mol. The van der Waals surface area contributed by atoms with Gasteiger partial charge in [0.2, 0.25) is 5.91 Å². The van der Waals surface area contributed by atoms with E-state index >= 15 is 0 Å². The number of benzene rings is 1. The Morgan fingerprint density at radius 2 is 2.08 bits per heavy atom. The first-order chi connectivity index (χ1) is 11.6. The standard InChI is InChI=1S/C16H18N6O2/c1-21-14(18-10-20-21)6-8-17-15(23)7-9-22-11-19-13-5-3-2-4-12(13)16(22)24/h2-5,10-11H,6-9H2,1H3,(H,17,23). The third-order valence-electron chi connectivity index (χ3n) is 3.79. The molecule has 8 heteroatoms. The largest absolute Gasteiger partial charge is 0.356 e. The average molecular weight is 326 g/mol. The second kappa shape index (κ2) is 7.03. The molecule has 0 saturated carbocycles. The number of amides is 1. The smallest absolute Gasteiger partial charge is 0.261 e. The summed E-state index contributed by atoms with van der Waals surface area (Å²) >= 11 is 0. The van der Waals surface area contributed by atoms with Crippen molar-refractivity contribution in [1.29, 1.82) is 0 Å². The summed E-state index contributed by atoms with van der Waals surface area (Å²) in [5.41, 5.74) is 0.527. The van der Waals surface area contributed by atoms with Crippen LogP contribution in [0, 0.1) is 0 Å². The molecule has 0 aliphatic heterocycles. The maximum atomic E-state index is 12.3. The molecule has 2 aromatic heterocycles. The number of nitrogens with zero attached hydrogens (tertiary/aromatic N) is 5. The molecule has 0 bridgehead atoms. The SMILES string of the molecule is Cn1ncnc1CCNC(=O)CCn1cnc2ccccc2c1=O. The molecule has 0 aliphatic carbocycles. The van der Waals surface area contributed by atoms with Gasteiger partial charge in [0, 0.05) is 33.0 Å². The summed E-state index contributed by atoms with van der Waals surface area (Å²) in [6, 6.07) is 7.17. The lowest BCUT2D eigenvalue weighted by Gasteiger charge is -2.07. The van der Waals surface area contributed by atoms with Crippen molar-refractivity contribution in [1.82, 2.24) is 29.6 Å². The van der Waals surface area contributed by atoms with Crippen LogP contribution >= 0.6 is 0 Å². The number of aryl methyl sites for hydroxylation is 2. The molecular weight excluding hydrogens is 308 g/mol.